The first kappa shape index (κ1) is 25.1. The van der Waals surface area contributed by atoms with Gasteiger partial charge in [-0.2, -0.15) is 0 Å². The molecule has 3 aromatic heterocycles. The Morgan fingerprint density at radius 2 is 2.00 bits per heavy atom. The van der Waals surface area contributed by atoms with Gasteiger partial charge in [-0.15, -0.1) is 0 Å². The van der Waals surface area contributed by atoms with Crippen LogP contribution >= 0.6 is 0 Å². The number of pyridine rings is 1. The summed E-state index contributed by atoms with van der Waals surface area (Å²) in [6.45, 7) is 5.53. The molecule has 3 atom stereocenters. The van der Waals surface area contributed by atoms with Gasteiger partial charge in [-0.25, -0.2) is 24.3 Å². The van der Waals surface area contributed by atoms with Gasteiger partial charge in [0.1, 0.15) is 29.2 Å². The van der Waals surface area contributed by atoms with Crippen LogP contribution in [0.5, 0.6) is 11.5 Å². The van der Waals surface area contributed by atoms with E-state index in [9.17, 15) is 4.79 Å². The summed E-state index contributed by atoms with van der Waals surface area (Å²) in [5, 5.41) is 3.13. The highest BCUT2D eigenvalue weighted by Gasteiger charge is 2.48. The highest BCUT2D eigenvalue weighted by atomic mass is 19.1. The second-order valence-electron chi connectivity index (χ2n) is 10.7. The molecule has 1 unspecified atom stereocenters. The minimum absolute atomic E-state index is 0.0259. The average molecular weight is 550 g/mol. The number of imidazole rings is 1. The van der Waals surface area contributed by atoms with Gasteiger partial charge in [0.05, 0.1) is 28.6 Å². The molecule has 2 aliphatic rings. The zero-order chi connectivity index (χ0) is 28.2. The molecule has 1 amide bonds. The maximum Gasteiger partial charge on any atom is 0.246 e. The van der Waals surface area contributed by atoms with E-state index < -0.39 is 5.82 Å². The Morgan fingerprint density at radius 3 is 2.85 bits per heavy atom. The van der Waals surface area contributed by atoms with Crippen LogP contribution in [0.2, 0.25) is 0 Å². The molecule has 2 fully saturated rings. The lowest BCUT2D eigenvalue weighted by atomic mass is 9.86. The molecular formula is C31H28FN7O2. The number of benzene rings is 2. The van der Waals surface area contributed by atoms with Gasteiger partial charge in [-0.3, -0.25) is 4.79 Å². The highest BCUT2D eigenvalue weighted by Crippen LogP contribution is 2.46. The Labute approximate surface area is 235 Å². The number of nitrogens with one attached hydrogen (secondary N) is 1. The maximum atomic E-state index is 15.4. The van der Waals surface area contributed by atoms with E-state index in [0.717, 1.165) is 41.6 Å². The molecule has 0 radical (unpaired) electrons. The van der Waals surface area contributed by atoms with E-state index in [4.69, 9.17) is 9.72 Å². The lowest BCUT2D eigenvalue weighted by Crippen LogP contribution is -2.34. The second-order valence-corrected chi connectivity index (χ2v) is 10.7. The number of aromatic nitrogens is 5. The monoisotopic (exact) mass is 549 g/mol. The fourth-order valence-corrected chi connectivity index (χ4v) is 6.31. The Balaban J connectivity index is 1.17. The zero-order valence-corrected chi connectivity index (χ0v) is 22.7. The molecule has 10 heteroatoms. The number of anilines is 2. The smallest absolute Gasteiger partial charge is 0.246 e. The molecule has 2 saturated heterocycles. The number of amides is 1. The number of carbonyl (C=O) groups is 1. The summed E-state index contributed by atoms with van der Waals surface area (Å²) in [4.78, 5) is 32.5. The van der Waals surface area contributed by atoms with Crippen molar-refractivity contribution < 1.29 is 13.9 Å². The third-order valence-corrected chi connectivity index (χ3v) is 8.29. The molecule has 5 aromatic rings. The van der Waals surface area contributed by atoms with Gasteiger partial charge in [0.25, 0.3) is 0 Å². The predicted molar refractivity (Wildman–Crippen MR) is 154 cm³/mol. The van der Waals surface area contributed by atoms with Gasteiger partial charge in [0.2, 0.25) is 5.91 Å². The molecule has 206 valence electrons. The Morgan fingerprint density at radius 1 is 1.12 bits per heavy atom. The van der Waals surface area contributed by atoms with Crippen LogP contribution in [0.3, 0.4) is 0 Å². The highest BCUT2D eigenvalue weighted by molar-refractivity contribution is 5.89. The van der Waals surface area contributed by atoms with Crippen LogP contribution in [0, 0.1) is 12.7 Å². The van der Waals surface area contributed by atoms with Gasteiger partial charge in [0, 0.05) is 42.9 Å². The molecule has 41 heavy (non-hydrogen) atoms. The first-order valence-electron chi connectivity index (χ1n) is 13.6. The van der Waals surface area contributed by atoms with E-state index >= 15 is 4.39 Å². The van der Waals surface area contributed by atoms with Crippen molar-refractivity contribution in [3.05, 3.63) is 84.8 Å². The van der Waals surface area contributed by atoms with Gasteiger partial charge >= 0.3 is 0 Å². The van der Waals surface area contributed by atoms with E-state index in [-0.39, 0.29) is 29.6 Å². The Kier molecular flexibility index (Phi) is 5.92. The SMILES string of the molecule is C=CC(=O)N1C2CC[C@H]1[C@H](c1ccc3ncnc(Nc4cc(C)c(Oc5ccc6c(c5)ncn6C)cc4F)c3n1)C2. The van der Waals surface area contributed by atoms with Crippen LogP contribution in [0.1, 0.15) is 36.4 Å². The van der Waals surface area contributed by atoms with Gasteiger partial charge in [-0.1, -0.05) is 6.58 Å². The number of aryl methyl sites for hydroxylation is 2. The minimum atomic E-state index is -0.487. The summed E-state index contributed by atoms with van der Waals surface area (Å²) >= 11 is 0. The van der Waals surface area contributed by atoms with Crippen molar-refractivity contribution in [2.75, 3.05) is 5.32 Å². The topological polar surface area (TPSA) is 98.1 Å². The van der Waals surface area contributed by atoms with Crippen molar-refractivity contribution in [3.8, 4) is 11.5 Å². The molecular weight excluding hydrogens is 521 g/mol. The maximum absolute atomic E-state index is 15.4. The molecule has 2 aliphatic heterocycles. The van der Waals surface area contributed by atoms with E-state index in [2.05, 4.69) is 26.8 Å². The number of ether oxygens (including phenoxy) is 1. The molecule has 1 N–H and O–H groups in total. The summed E-state index contributed by atoms with van der Waals surface area (Å²) in [5.74, 6) is 1.00. The van der Waals surface area contributed by atoms with Crippen molar-refractivity contribution in [1.82, 2.24) is 29.4 Å². The summed E-state index contributed by atoms with van der Waals surface area (Å²) in [6.07, 6.45) is 7.37. The Bertz CT molecular complexity index is 1850. The molecule has 9 nitrogen and oxygen atoms in total. The van der Waals surface area contributed by atoms with E-state index in [1.165, 1.54) is 18.5 Å². The van der Waals surface area contributed by atoms with Gasteiger partial charge in [-0.05, 0) is 68.2 Å². The lowest BCUT2D eigenvalue weighted by molar-refractivity contribution is -0.127. The van der Waals surface area contributed by atoms with Gasteiger partial charge < -0.3 is 19.5 Å². The fraction of sp³-hybridized carbons (Fsp3) is 0.258. The number of halogens is 1. The summed E-state index contributed by atoms with van der Waals surface area (Å²) in [7, 11) is 1.93. The molecule has 0 spiro atoms. The largest absolute Gasteiger partial charge is 0.457 e. The number of hydrogen-bond donors (Lipinski definition) is 1. The van der Waals surface area contributed by atoms with E-state index in [1.807, 2.05) is 53.8 Å². The van der Waals surface area contributed by atoms with Crippen LogP contribution in [0.25, 0.3) is 22.1 Å². The normalized spacial score (nSPS) is 19.7. The van der Waals surface area contributed by atoms with Crippen molar-refractivity contribution in [2.45, 2.75) is 44.2 Å². The number of carbonyl (C=O) groups excluding carboxylic acids is 1. The zero-order valence-electron chi connectivity index (χ0n) is 22.7. The van der Waals surface area contributed by atoms with Crippen LogP contribution in [-0.4, -0.2) is 47.4 Å². The quantitative estimate of drug-likeness (QED) is 0.262. The summed E-state index contributed by atoms with van der Waals surface area (Å²) < 4.78 is 23.3. The first-order valence-corrected chi connectivity index (χ1v) is 13.6. The summed E-state index contributed by atoms with van der Waals surface area (Å²) in [6, 6.07) is 12.8. The molecule has 2 bridgehead atoms. The van der Waals surface area contributed by atoms with Gasteiger partial charge in [0.15, 0.2) is 5.82 Å². The van der Waals surface area contributed by atoms with Crippen LogP contribution in [0.15, 0.2) is 67.8 Å². The molecule has 2 aromatic carbocycles. The first-order chi connectivity index (χ1) is 19.9. The number of rotatable bonds is 6. The van der Waals surface area contributed by atoms with Crippen LogP contribution in [0.4, 0.5) is 15.9 Å². The van der Waals surface area contributed by atoms with Crippen LogP contribution in [-0.2, 0) is 11.8 Å². The van der Waals surface area contributed by atoms with Crippen molar-refractivity contribution in [1.29, 1.82) is 0 Å². The lowest BCUT2D eigenvalue weighted by Gasteiger charge is -2.23. The molecule has 0 aliphatic carbocycles. The molecule has 7 rings (SSSR count). The predicted octanol–water partition coefficient (Wildman–Crippen LogP) is 5.93. The molecule has 5 heterocycles. The third kappa shape index (κ3) is 4.26. The standard InChI is InChI=1S/C31H28FN7O2/c1-4-29(40)39-18-5-9-26(39)20(12-18)22-7-8-23-30(36-22)31(34-15-33-23)37-24-11-17(2)28(14-21(24)32)41-19-6-10-27-25(13-19)35-16-38(27)3/h4,6-8,10-11,13-16,18,20,26H,1,5,9,12H2,2-3H3,(H,33,34,37)/t18?,20-,26-/m0/s1. The number of nitrogens with zero attached hydrogens (tertiary/aromatic N) is 6. The number of fused-ring (bicyclic) bond motifs is 4. The summed E-state index contributed by atoms with van der Waals surface area (Å²) in [5.41, 5.74) is 4.87. The average Bonchev–Trinajstić information content (AvgIpc) is 3.68. The second kappa shape index (κ2) is 9.65. The van der Waals surface area contributed by atoms with E-state index in [0.29, 0.717) is 28.4 Å². The van der Waals surface area contributed by atoms with E-state index in [1.54, 1.807) is 12.4 Å². The minimum Gasteiger partial charge on any atom is -0.457 e. The Hall–Kier alpha value is -4.86. The van der Waals surface area contributed by atoms with Crippen molar-refractivity contribution in [3.63, 3.8) is 0 Å². The van der Waals surface area contributed by atoms with Crippen molar-refractivity contribution in [2.24, 2.45) is 7.05 Å². The molecule has 0 saturated carbocycles. The third-order valence-electron chi connectivity index (χ3n) is 8.29. The number of hydrogen-bond acceptors (Lipinski definition) is 7. The van der Waals surface area contributed by atoms with Crippen molar-refractivity contribution >= 4 is 39.5 Å². The fourth-order valence-electron chi connectivity index (χ4n) is 6.31. The van der Waals surface area contributed by atoms with Crippen LogP contribution < -0.4 is 10.1 Å².